The first-order valence-corrected chi connectivity index (χ1v) is 15.5. The number of rotatable bonds is 5. The Morgan fingerprint density at radius 2 is 1.83 bits per heavy atom. The third-order valence-electron chi connectivity index (χ3n) is 9.00. The van der Waals surface area contributed by atoms with Gasteiger partial charge < -0.3 is 14.4 Å². The molecule has 7 heteroatoms. The summed E-state index contributed by atoms with van der Waals surface area (Å²) in [6.07, 6.45) is 7.52. The molecule has 0 N–H and O–H groups in total. The van der Waals surface area contributed by atoms with Gasteiger partial charge in [0.1, 0.15) is 5.75 Å². The van der Waals surface area contributed by atoms with Crippen LogP contribution in [0, 0.1) is 18.3 Å². The lowest BCUT2D eigenvalue weighted by molar-refractivity contribution is -0.139. The minimum Gasteiger partial charge on any atom is -0.463 e. The molecule has 3 aliphatic rings. The summed E-state index contributed by atoms with van der Waals surface area (Å²) in [6.45, 7) is 11.8. The molecule has 0 unspecified atom stereocenters. The molecule has 1 saturated carbocycles. The number of carbonyl (C=O) groups excluding carboxylic acids is 2. The van der Waals surface area contributed by atoms with Crippen LogP contribution >= 0.6 is 0 Å². The molecule has 1 aliphatic carbocycles. The first-order valence-electron chi connectivity index (χ1n) is 15.5. The van der Waals surface area contributed by atoms with E-state index in [1.165, 1.54) is 12.8 Å². The van der Waals surface area contributed by atoms with Gasteiger partial charge >= 0.3 is 12.0 Å². The average molecular weight is 558 g/mol. The molecule has 4 bridgehead atoms. The summed E-state index contributed by atoms with van der Waals surface area (Å²) in [5, 5.41) is 1.78. The summed E-state index contributed by atoms with van der Waals surface area (Å²) < 4.78 is 12.0. The maximum atomic E-state index is 14.1. The van der Waals surface area contributed by atoms with Crippen LogP contribution in [-0.4, -0.2) is 33.4 Å². The number of aromatic nitrogens is 2. The van der Waals surface area contributed by atoms with E-state index in [0.29, 0.717) is 43.4 Å². The van der Waals surface area contributed by atoms with Gasteiger partial charge in [0.25, 0.3) is 5.91 Å². The van der Waals surface area contributed by atoms with Crippen molar-refractivity contribution in [2.24, 2.45) is 11.3 Å². The normalized spacial score (nSPS) is 19.5. The maximum absolute atomic E-state index is 14.1. The Kier molecular flexibility index (Phi) is 8.62. The Bertz CT molecular complexity index is 1450. The summed E-state index contributed by atoms with van der Waals surface area (Å²) >= 11 is 0. The number of hydrogen-bond donors (Lipinski definition) is 0. The Morgan fingerprint density at radius 3 is 2.56 bits per heavy atom. The van der Waals surface area contributed by atoms with E-state index in [2.05, 4.69) is 6.92 Å². The number of esters is 1. The standard InChI is InChI=1S/C32H37N3O4.C2H6/c1-4-21-10-6-7-12-26-25-17-35(18-27(25)34-31(33-26)38-19-32(5-2)13-14-32)29(36)24-16-23(39-30(21)37)15-22-11-8-9-20(3)28(22)24;1-2/h8-9,11,15-16,21H,4-7,10,12-14,17-19H2,1-3H3;1-2H3/t21-;/m0./s1. The van der Waals surface area contributed by atoms with E-state index < -0.39 is 0 Å². The predicted octanol–water partition coefficient (Wildman–Crippen LogP) is 7.35. The van der Waals surface area contributed by atoms with Crippen molar-refractivity contribution in [2.45, 2.75) is 99.1 Å². The van der Waals surface area contributed by atoms with Gasteiger partial charge in [0.05, 0.1) is 42.6 Å². The van der Waals surface area contributed by atoms with Crippen LogP contribution in [0.1, 0.15) is 106 Å². The highest BCUT2D eigenvalue weighted by atomic mass is 16.5. The lowest BCUT2D eigenvalue weighted by Crippen LogP contribution is -2.26. The molecule has 2 aromatic carbocycles. The van der Waals surface area contributed by atoms with Crippen LogP contribution < -0.4 is 9.47 Å². The molecule has 0 radical (unpaired) electrons. The second kappa shape index (κ2) is 12.2. The second-order valence-corrected chi connectivity index (χ2v) is 11.6. The van der Waals surface area contributed by atoms with Gasteiger partial charge in [-0.15, -0.1) is 0 Å². The minimum atomic E-state index is -0.229. The molecular formula is C34H43N3O4. The summed E-state index contributed by atoms with van der Waals surface area (Å²) in [5.74, 6) is -0.0848. The Hall–Kier alpha value is -3.48. The predicted molar refractivity (Wildman–Crippen MR) is 160 cm³/mol. The highest BCUT2D eigenvalue weighted by Gasteiger charge is 2.42. The number of aryl methyl sites for hydroxylation is 2. The zero-order valence-corrected chi connectivity index (χ0v) is 25.2. The fraction of sp³-hybridized carbons (Fsp3) is 0.529. The maximum Gasteiger partial charge on any atom is 0.316 e. The smallest absolute Gasteiger partial charge is 0.316 e. The van der Waals surface area contributed by atoms with Crippen molar-refractivity contribution in [3.05, 3.63) is 58.4 Å². The molecule has 6 rings (SSSR count). The Balaban J connectivity index is 0.00000165. The lowest BCUT2D eigenvalue weighted by Gasteiger charge is -2.19. The number of carbonyl (C=O) groups is 2. The molecule has 7 nitrogen and oxygen atoms in total. The van der Waals surface area contributed by atoms with Gasteiger partial charge in [-0.2, -0.15) is 9.97 Å². The lowest BCUT2D eigenvalue weighted by atomic mass is 9.97. The summed E-state index contributed by atoms with van der Waals surface area (Å²) in [4.78, 5) is 38.7. The molecule has 0 spiro atoms. The topological polar surface area (TPSA) is 81.6 Å². The van der Waals surface area contributed by atoms with Gasteiger partial charge in [0, 0.05) is 11.0 Å². The van der Waals surface area contributed by atoms with Crippen LogP contribution in [0.15, 0.2) is 30.3 Å². The highest BCUT2D eigenvalue weighted by Crippen LogP contribution is 2.48. The molecule has 1 fully saturated rings. The van der Waals surface area contributed by atoms with E-state index in [-0.39, 0.29) is 23.2 Å². The highest BCUT2D eigenvalue weighted by molar-refractivity contribution is 6.09. The zero-order valence-electron chi connectivity index (χ0n) is 25.2. The van der Waals surface area contributed by atoms with E-state index in [9.17, 15) is 9.59 Å². The largest absolute Gasteiger partial charge is 0.463 e. The Labute approximate surface area is 243 Å². The van der Waals surface area contributed by atoms with Crippen molar-refractivity contribution in [1.82, 2.24) is 14.9 Å². The van der Waals surface area contributed by atoms with Crippen LogP contribution in [0.5, 0.6) is 11.8 Å². The monoisotopic (exact) mass is 557 g/mol. The van der Waals surface area contributed by atoms with Crippen molar-refractivity contribution in [3.63, 3.8) is 0 Å². The van der Waals surface area contributed by atoms with Gasteiger partial charge in [0.15, 0.2) is 0 Å². The van der Waals surface area contributed by atoms with Crippen LogP contribution in [0.4, 0.5) is 0 Å². The average Bonchev–Trinajstić information content (AvgIpc) is 3.64. The number of benzene rings is 2. The van der Waals surface area contributed by atoms with Crippen molar-refractivity contribution in [3.8, 4) is 11.8 Å². The number of ether oxygens (including phenoxy) is 2. The van der Waals surface area contributed by atoms with Gasteiger partial charge in [-0.1, -0.05) is 52.3 Å². The molecule has 3 aromatic rings. The fourth-order valence-electron chi connectivity index (χ4n) is 6.06. The number of amides is 1. The first kappa shape index (κ1) is 29.0. The molecule has 41 heavy (non-hydrogen) atoms. The van der Waals surface area contributed by atoms with Gasteiger partial charge in [-0.05, 0) is 80.3 Å². The van der Waals surface area contributed by atoms with E-state index in [4.69, 9.17) is 19.4 Å². The molecule has 3 heterocycles. The van der Waals surface area contributed by atoms with Crippen LogP contribution in [0.3, 0.4) is 0 Å². The summed E-state index contributed by atoms with van der Waals surface area (Å²) in [5.41, 5.74) is 4.72. The summed E-state index contributed by atoms with van der Waals surface area (Å²) in [6, 6.07) is 9.99. The molecule has 1 aromatic heterocycles. The first-order chi connectivity index (χ1) is 19.9. The van der Waals surface area contributed by atoms with Crippen LogP contribution in [0.2, 0.25) is 0 Å². The van der Waals surface area contributed by atoms with Crippen LogP contribution in [0.25, 0.3) is 10.8 Å². The molecule has 0 saturated heterocycles. The van der Waals surface area contributed by atoms with Gasteiger partial charge in [-0.25, -0.2) is 0 Å². The zero-order chi connectivity index (χ0) is 29.1. The van der Waals surface area contributed by atoms with Gasteiger partial charge in [-0.3, -0.25) is 9.59 Å². The second-order valence-electron chi connectivity index (χ2n) is 11.6. The van der Waals surface area contributed by atoms with E-state index in [1.54, 1.807) is 6.07 Å². The number of nitrogens with zero attached hydrogens (tertiary/aromatic N) is 3. The van der Waals surface area contributed by atoms with E-state index >= 15 is 0 Å². The Morgan fingerprint density at radius 1 is 1.05 bits per heavy atom. The van der Waals surface area contributed by atoms with Crippen molar-refractivity contribution < 1.29 is 19.1 Å². The number of fused-ring (bicyclic) bond motifs is 5. The third-order valence-corrected chi connectivity index (χ3v) is 9.00. The van der Waals surface area contributed by atoms with E-state index in [0.717, 1.165) is 65.4 Å². The molecule has 1 amide bonds. The van der Waals surface area contributed by atoms with Gasteiger partial charge in [0.2, 0.25) is 0 Å². The fourth-order valence-corrected chi connectivity index (χ4v) is 6.06. The molecule has 2 aliphatic heterocycles. The van der Waals surface area contributed by atoms with Crippen molar-refractivity contribution in [1.29, 1.82) is 0 Å². The quantitative estimate of drug-likeness (QED) is 0.241. The van der Waals surface area contributed by atoms with Crippen molar-refractivity contribution in [2.75, 3.05) is 6.61 Å². The van der Waals surface area contributed by atoms with Crippen LogP contribution in [-0.2, 0) is 24.3 Å². The van der Waals surface area contributed by atoms with Crippen molar-refractivity contribution >= 4 is 22.6 Å². The third kappa shape index (κ3) is 5.95. The number of hydrogen-bond acceptors (Lipinski definition) is 6. The SMILES string of the molecule is CC.CC[C@H]1CCCCc2nc(OCC3(CC)CC3)nc3c2CN(C3)C(=O)c2cc(cc3cccc(C)c23)OC1=O. The molecule has 1 atom stereocenters. The summed E-state index contributed by atoms with van der Waals surface area (Å²) in [7, 11) is 0. The minimum absolute atomic E-state index is 0.0940. The van der Waals surface area contributed by atoms with E-state index in [1.807, 2.05) is 56.9 Å². The molecular weight excluding hydrogens is 514 g/mol. The molecule has 218 valence electrons.